The zero-order valence-corrected chi connectivity index (χ0v) is 17.2. The molecular formula is C24H26N2O4. The summed E-state index contributed by atoms with van der Waals surface area (Å²) in [5, 5.41) is 5.60. The maximum absolute atomic E-state index is 12.2. The number of rotatable bonds is 9. The van der Waals surface area contributed by atoms with Gasteiger partial charge >= 0.3 is 0 Å². The third kappa shape index (κ3) is 5.73. The topological polar surface area (TPSA) is 80.6 Å². The summed E-state index contributed by atoms with van der Waals surface area (Å²) in [7, 11) is 0. The predicted molar refractivity (Wildman–Crippen MR) is 116 cm³/mol. The van der Waals surface area contributed by atoms with Crippen molar-refractivity contribution in [2.24, 2.45) is 0 Å². The van der Waals surface area contributed by atoms with Crippen molar-refractivity contribution in [3.05, 3.63) is 83.8 Å². The molecule has 156 valence electrons. The fourth-order valence-electron chi connectivity index (χ4n) is 2.94. The van der Waals surface area contributed by atoms with Crippen LogP contribution in [0.3, 0.4) is 0 Å². The van der Waals surface area contributed by atoms with Crippen LogP contribution in [-0.2, 0) is 11.3 Å². The van der Waals surface area contributed by atoms with E-state index in [9.17, 15) is 9.59 Å². The molecule has 0 radical (unpaired) electrons. The second-order valence-electron chi connectivity index (χ2n) is 7.04. The molecule has 1 atom stereocenters. The fraction of sp³-hybridized carbons (Fsp3) is 0.250. The van der Waals surface area contributed by atoms with Crippen molar-refractivity contribution in [2.75, 3.05) is 11.9 Å². The van der Waals surface area contributed by atoms with Gasteiger partial charge in [0.05, 0.1) is 6.26 Å². The summed E-state index contributed by atoms with van der Waals surface area (Å²) >= 11 is 0. The highest BCUT2D eigenvalue weighted by Crippen LogP contribution is 2.28. The number of nitrogens with one attached hydrogen (secondary N) is 2. The minimum absolute atomic E-state index is 0.0370. The number of hydrogen-bond acceptors (Lipinski definition) is 4. The molecule has 0 fully saturated rings. The third-order valence-electron chi connectivity index (χ3n) is 4.87. The van der Waals surface area contributed by atoms with E-state index < -0.39 is 0 Å². The van der Waals surface area contributed by atoms with Crippen molar-refractivity contribution in [1.82, 2.24) is 5.32 Å². The molecule has 6 nitrogen and oxygen atoms in total. The van der Waals surface area contributed by atoms with Gasteiger partial charge in [0.1, 0.15) is 5.75 Å². The standard InChI is InChI=1S/C24H26N2O4/c1-3-17(2)20-7-4-5-8-21(20)30-16-23(27)25-15-18-10-12-19(13-11-18)26-24(28)22-9-6-14-29-22/h4-14,17H,3,15-16H2,1-2H3,(H,25,27)(H,26,28). The fourth-order valence-corrected chi connectivity index (χ4v) is 2.94. The van der Waals surface area contributed by atoms with Crippen molar-refractivity contribution in [2.45, 2.75) is 32.7 Å². The highest BCUT2D eigenvalue weighted by atomic mass is 16.5. The Morgan fingerprint density at radius 2 is 1.80 bits per heavy atom. The summed E-state index contributed by atoms with van der Waals surface area (Å²) in [6.07, 6.45) is 2.46. The van der Waals surface area contributed by atoms with Crippen molar-refractivity contribution >= 4 is 17.5 Å². The van der Waals surface area contributed by atoms with Crippen LogP contribution in [0.15, 0.2) is 71.3 Å². The van der Waals surface area contributed by atoms with Gasteiger partial charge in [-0.2, -0.15) is 0 Å². The van der Waals surface area contributed by atoms with Crippen molar-refractivity contribution < 1.29 is 18.7 Å². The van der Waals surface area contributed by atoms with Crippen LogP contribution in [-0.4, -0.2) is 18.4 Å². The number of amides is 2. The molecule has 0 aliphatic carbocycles. The zero-order valence-electron chi connectivity index (χ0n) is 17.2. The van der Waals surface area contributed by atoms with E-state index in [4.69, 9.17) is 9.15 Å². The molecule has 2 aromatic carbocycles. The van der Waals surface area contributed by atoms with E-state index in [1.54, 1.807) is 24.3 Å². The summed E-state index contributed by atoms with van der Waals surface area (Å²) in [5.74, 6) is 0.871. The van der Waals surface area contributed by atoms with Crippen LogP contribution in [0.1, 0.15) is 47.9 Å². The van der Waals surface area contributed by atoms with Gasteiger partial charge in [-0.25, -0.2) is 0 Å². The molecular weight excluding hydrogens is 380 g/mol. The number of furan rings is 1. The van der Waals surface area contributed by atoms with Crippen molar-refractivity contribution in [3.63, 3.8) is 0 Å². The lowest BCUT2D eigenvalue weighted by molar-refractivity contribution is -0.123. The highest BCUT2D eigenvalue weighted by molar-refractivity contribution is 6.02. The Hall–Kier alpha value is -3.54. The molecule has 1 unspecified atom stereocenters. The van der Waals surface area contributed by atoms with E-state index in [1.807, 2.05) is 36.4 Å². The zero-order chi connectivity index (χ0) is 21.3. The molecule has 1 heterocycles. The van der Waals surface area contributed by atoms with Gasteiger partial charge in [0.15, 0.2) is 12.4 Å². The average molecular weight is 406 g/mol. The van der Waals surface area contributed by atoms with Crippen LogP contribution in [0.4, 0.5) is 5.69 Å². The molecule has 0 bridgehead atoms. The smallest absolute Gasteiger partial charge is 0.291 e. The molecule has 0 saturated carbocycles. The summed E-state index contributed by atoms with van der Waals surface area (Å²) in [6, 6.07) is 18.3. The summed E-state index contributed by atoms with van der Waals surface area (Å²) in [6.45, 7) is 4.61. The molecule has 0 spiro atoms. The number of hydrogen-bond donors (Lipinski definition) is 2. The lowest BCUT2D eigenvalue weighted by Crippen LogP contribution is -2.28. The molecule has 0 aliphatic heterocycles. The molecule has 0 saturated heterocycles. The van der Waals surface area contributed by atoms with Crippen LogP contribution in [0, 0.1) is 0 Å². The number of ether oxygens (including phenoxy) is 1. The van der Waals surface area contributed by atoms with Gasteiger partial charge in [0, 0.05) is 12.2 Å². The normalized spacial score (nSPS) is 11.5. The quantitative estimate of drug-likeness (QED) is 0.538. The second kappa shape index (κ2) is 10.3. The van der Waals surface area contributed by atoms with Gasteiger partial charge in [0.2, 0.25) is 0 Å². The SMILES string of the molecule is CCC(C)c1ccccc1OCC(=O)NCc1ccc(NC(=O)c2ccco2)cc1. The number of carbonyl (C=O) groups is 2. The third-order valence-corrected chi connectivity index (χ3v) is 4.87. The minimum Gasteiger partial charge on any atom is -0.483 e. The maximum Gasteiger partial charge on any atom is 0.291 e. The van der Waals surface area contributed by atoms with Gasteiger partial charge in [0.25, 0.3) is 11.8 Å². The Morgan fingerprint density at radius 3 is 2.50 bits per heavy atom. The van der Waals surface area contributed by atoms with Gasteiger partial charge in [-0.15, -0.1) is 0 Å². The first-order valence-corrected chi connectivity index (χ1v) is 9.99. The molecule has 2 N–H and O–H groups in total. The Labute approximate surface area is 176 Å². The van der Waals surface area contributed by atoms with Crippen LogP contribution >= 0.6 is 0 Å². The van der Waals surface area contributed by atoms with Crippen LogP contribution < -0.4 is 15.4 Å². The summed E-state index contributed by atoms with van der Waals surface area (Å²) in [5.41, 5.74) is 2.68. The van der Waals surface area contributed by atoms with E-state index >= 15 is 0 Å². The maximum atomic E-state index is 12.2. The molecule has 3 aromatic rings. The predicted octanol–water partition coefficient (Wildman–Crippen LogP) is 4.74. The average Bonchev–Trinajstić information content (AvgIpc) is 3.32. The first-order chi connectivity index (χ1) is 14.6. The van der Waals surface area contributed by atoms with E-state index in [1.165, 1.54) is 6.26 Å². The van der Waals surface area contributed by atoms with Gasteiger partial charge in [-0.1, -0.05) is 44.2 Å². The molecule has 6 heteroatoms. The van der Waals surface area contributed by atoms with E-state index in [0.717, 1.165) is 23.3 Å². The summed E-state index contributed by atoms with van der Waals surface area (Å²) < 4.78 is 10.8. The number of benzene rings is 2. The largest absolute Gasteiger partial charge is 0.483 e. The molecule has 1 aromatic heterocycles. The first-order valence-electron chi connectivity index (χ1n) is 9.99. The second-order valence-corrected chi connectivity index (χ2v) is 7.04. The van der Waals surface area contributed by atoms with Gasteiger partial charge in [-0.05, 0) is 53.8 Å². The Morgan fingerprint density at radius 1 is 1.03 bits per heavy atom. The number of carbonyl (C=O) groups excluding carboxylic acids is 2. The van der Waals surface area contributed by atoms with Crippen molar-refractivity contribution in [1.29, 1.82) is 0 Å². The van der Waals surface area contributed by atoms with E-state index in [2.05, 4.69) is 24.5 Å². The highest BCUT2D eigenvalue weighted by Gasteiger charge is 2.11. The van der Waals surface area contributed by atoms with Crippen LogP contribution in [0.25, 0.3) is 0 Å². The van der Waals surface area contributed by atoms with Crippen molar-refractivity contribution in [3.8, 4) is 5.75 Å². The molecule has 2 amide bonds. The van der Waals surface area contributed by atoms with E-state index in [0.29, 0.717) is 18.2 Å². The van der Waals surface area contributed by atoms with E-state index in [-0.39, 0.29) is 24.2 Å². The molecule has 3 rings (SSSR count). The minimum atomic E-state index is -0.309. The number of anilines is 1. The molecule has 0 aliphatic rings. The Kier molecular flexibility index (Phi) is 7.27. The molecule has 30 heavy (non-hydrogen) atoms. The monoisotopic (exact) mass is 406 g/mol. The lowest BCUT2D eigenvalue weighted by Gasteiger charge is -2.15. The Bertz CT molecular complexity index is 965. The van der Waals surface area contributed by atoms with Gasteiger partial charge in [-0.3, -0.25) is 9.59 Å². The van der Waals surface area contributed by atoms with Crippen LogP contribution in [0.2, 0.25) is 0 Å². The van der Waals surface area contributed by atoms with Gasteiger partial charge < -0.3 is 19.8 Å². The Balaban J connectivity index is 1.46. The first kappa shape index (κ1) is 21.2. The summed E-state index contributed by atoms with van der Waals surface area (Å²) in [4.78, 5) is 24.2. The lowest BCUT2D eigenvalue weighted by atomic mass is 9.98. The number of para-hydroxylation sites is 1. The van der Waals surface area contributed by atoms with Crippen LogP contribution in [0.5, 0.6) is 5.75 Å².